The Balaban J connectivity index is 2.16. The molecule has 0 radical (unpaired) electrons. The summed E-state index contributed by atoms with van der Waals surface area (Å²) in [4.78, 5) is 6.48. The Bertz CT molecular complexity index is 401. The lowest BCUT2D eigenvalue weighted by atomic mass is 9.94. The number of rotatable bonds is 2. The highest BCUT2D eigenvalue weighted by molar-refractivity contribution is 6.37. The number of anilines is 2. The van der Waals surface area contributed by atoms with Gasteiger partial charge in [-0.25, -0.2) is 4.98 Å². The molecule has 0 unspecified atom stereocenters. The van der Waals surface area contributed by atoms with Gasteiger partial charge in [-0.2, -0.15) is 0 Å². The van der Waals surface area contributed by atoms with Crippen molar-refractivity contribution in [2.45, 2.75) is 26.2 Å². The summed E-state index contributed by atoms with van der Waals surface area (Å²) in [6, 6.07) is 1.67. The van der Waals surface area contributed by atoms with Gasteiger partial charge in [-0.05, 0) is 24.8 Å². The van der Waals surface area contributed by atoms with Crippen LogP contribution >= 0.6 is 23.2 Å². The lowest BCUT2D eigenvalue weighted by Gasteiger charge is -2.33. The van der Waals surface area contributed by atoms with E-state index in [2.05, 4.69) is 16.8 Å². The molecule has 1 saturated heterocycles. The predicted octanol–water partition coefficient (Wildman–Crippen LogP) is 3.60. The number of hydrogen-bond donors (Lipinski definition) is 1. The Morgan fingerprint density at radius 1 is 1.35 bits per heavy atom. The van der Waals surface area contributed by atoms with E-state index in [9.17, 15) is 0 Å². The summed E-state index contributed by atoms with van der Waals surface area (Å²) in [6.45, 7) is 4.23. The van der Waals surface area contributed by atoms with Gasteiger partial charge in [0, 0.05) is 13.1 Å². The largest absolute Gasteiger partial charge is 0.382 e. The van der Waals surface area contributed by atoms with Crippen molar-refractivity contribution in [3.8, 4) is 0 Å². The number of piperidine rings is 1. The Labute approximate surface area is 112 Å². The summed E-state index contributed by atoms with van der Waals surface area (Å²) < 4.78 is 0. The number of nitrogens with zero attached hydrogens (tertiary/aromatic N) is 2. The fourth-order valence-corrected chi connectivity index (χ4v) is 2.72. The van der Waals surface area contributed by atoms with E-state index in [1.54, 1.807) is 6.07 Å². The summed E-state index contributed by atoms with van der Waals surface area (Å²) in [6.07, 6.45) is 3.63. The molecule has 0 amide bonds. The minimum Gasteiger partial charge on any atom is -0.382 e. The van der Waals surface area contributed by atoms with Gasteiger partial charge in [-0.15, -0.1) is 0 Å². The van der Waals surface area contributed by atoms with Gasteiger partial charge in [0.25, 0.3) is 0 Å². The van der Waals surface area contributed by atoms with Crippen LogP contribution in [0.3, 0.4) is 0 Å². The maximum absolute atomic E-state index is 6.16. The van der Waals surface area contributed by atoms with E-state index in [0.29, 0.717) is 15.9 Å². The third-order valence-electron chi connectivity index (χ3n) is 3.43. The Morgan fingerprint density at radius 2 is 2.00 bits per heavy atom. The van der Waals surface area contributed by atoms with Crippen LogP contribution in [-0.2, 0) is 0 Å². The fourth-order valence-electron chi connectivity index (χ4n) is 2.25. The third-order valence-corrected chi connectivity index (χ3v) is 4.01. The molecule has 17 heavy (non-hydrogen) atoms. The monoisotopic (exact) mass is 273 g/mol. The van der Waals surface area contributed by atoms with Gasteiger partial charge in [-0.3, -0.25) is 0 Å². The minimum atomic E-state index is 0.351. The van der Waals surface area contributed by atoms with Crippen LogP contribution in [0, 0.1) is 5.92 Å². The van der Waals surface area contributed by atoms with Crippen molar-refractivity contribution in [1.82, 2.24) is 4.98 Å². The summed E-state index contributed by atoms with van der Waals surface area (Å²) in [5.41, 5.74) is 5.72. The molecule has 0 atom stereocenters. The van der Waals surface area contributed by atoms with Crippen molar-refractivity contribution in [3.05, 3.63) is 16.1 Å². The zero-order valence-electron chi connectivity index (χ0n) is 9.92. The quantitative estimate of drug-likeness (QED) is 0.896. The summed E-state index contributed by atoms with van der Waals surface area (Å²) >= 11 is 12.0. The number of aromatic nitrogens is 1. The van der Waals surface area contributed by atoms with Crippen molar-refractivity contribution in [3.63, 3.8) is 0 Å². The molecule has 2 N–H and O–H groups in total. The molecule has 1 aliphatic heterocycles. The molecule has 1 aliphatic rings. The predicted molar refractivity (Wildman–Crippen MR) is 73.9 cm³/mol. The molecule has 1 fully saturated rings. The molecule has 5 heteroatoms. The van der Waals surface area contributed by atoms with Crippen LogP contribution in [0.1, 0.15) is 26.2 Å². The van der Waals surface area contributed by atoms with Gasteiger partial charge in [0.05, 0.1) is 10.0 Å². The minimum absolute atomic E-state index is 0.351. The van der Waals surface area contributed by atoms with E-state index in [1.807, 2.05) is 0 Å². The number of pyridine rings is 1. The van der Waals surface area contributed by atoms with Gasteiger partial charge >= 0.3 is 0 Å². The first kappa shape index (κ1) is 12.8. The van der Waals surface area contributed by atoms with Crippen molar-refractivity contribution in [2.75, 3.05) is 23.7 Å². The van der Waals surface area contributed by atoms with Crippen LogP contribution in [-0.4, -0.2) is 18.1 Å². The third kappa shape index (κ3) is 2.78. The number of nitrogen functional groups attached to an aromatic ring is 1. The summed E-state index contributed by atoms with van der Waals surface area (Å²) in [5.74, 6) is 1.95. The van der Waals surface area contributed by atoms with Crippen LogP contribution in [0.2, 0.25) is 10.0 Å². The number of halogens is 2. The molecule has 1 aromatic heterocycles. The maximum atomic E-state index is 6.16. The topological polar surface area (TPSA) is 42.2 Å². The van der Waals surface area contributed by atoms with Gasteiger partial charge in [-0.1, -0.05) is 36.5 Å². The molecular formula is C12H17Cl2N3. The molecule has 0 aromatic carbocycles. The van der Waals surface area contributed by atoms with E-state index >= 15 is 0 Å². The molecule has 0 saturated carbocycles. The Hall–Kier alpha value is -0.670. The molecule has 2 heterocycles. The average Bonchev–Trinajstić information content (AvgIpc) is 2.34. The van der Waals surface area contributed by atoms with Crippen molar-refractivity contribution >= 4 is 34.8 Å². The molecule has 94 valence electrons. The van der Waals surface area contributed by atoms with E-state index in [4.69, 9.17) is 28.9 Å². The van der Waals surface area contributed by atoms with Crippen molar-refractivity contribution in [2.24, 2.45) is 5.92 Å². The highest BCUT2D eigenvalue weighted by Crippen LogP contribution is 2.32. The van der Waals surface area contributed by atoms with E-state index in [-0.39, 0.29) is 0 Å². The lowest BCUT2D eigenvalue weighted by molar-refractivity contribution is 0.394. The van der Waals surface area contributed by atoms with Gasteiger partial charge < -0.3 is 10.6 Å². The highest BCUT2D eigenvalue weighted by atomic mass is 35.5. The molecule has 2 rings (SSSR count). The van der Waals surface area contributed by atoms with Crippen LogP contribution in [0.15, 0.2) is 6.07 Å². The fraction of sp³-hybridized carbons (Fsp3) is 0.583. The number of hydrogen-bond acceptors (Lipinski definition) is 3. The molecule has 1 aromatic rings. The van der Waals surface area contributed by atoms with E-state index in [1.165, 1.54) is 19.3 Å². The second-order valence-corrected chi connectivity index (χ2v) is 5.31. The van der Waals surface area contributed by atoms with Crippen LogP contribution in [0.5, 0.6) is 0 Å². The van der Waals surface area contributed by atoms with E-state index in [0.717, 1.165) is 24.8 Å². The number of nitrogens with two attached hydrogens (primary N) is 1. The Morgan fingerprint density at radius 3 is 2.59 bits per heavy atom. The van der Waals surface area contributed by atoms with E-state index < -0.39 is 0 Å². The van der Waals surface area contributed by atoms with Gasteiger partial charge in [0.15, 0.2) is 0 Å². The molecule has 0 bridgehead atoms. The molecule has 0 spiro atoms. The first-order valence-electron chi connectivity index (χ1n) is 5.98. The van der Waals surface area contributed by atoms with Crippen molar-refractivity contribution in [1.29, 1.82) is 0 Å². The summed E-state index contributed by atoms with van der Waals surface area (Å²) in [5, 5.41) is 1.00. The molecule has 0 aliphatic carbocycles. The molecular weight excluding hydrogens is 257 g/mol. The van der Waals surface area contributed by atoms with Crippen LogP contribution in [0.25, 0.3) is 0 Å². The average molecular weight is 274 g/mol. The molecule has 3 nitrogen and oxygen atoms in total. The zero-order chi connectivity index (χ0) is 12.4. The standard InChI is InChI=1S/C12H17Cl2N3/c1-2-8-3-5-17(6-4-8)12-10(14)7-9(13)11(15)16-12/h7-8H,2-6H2,1H3,(H2,15,16). The van der Waals surface area contributed by atoms with Crippen LogP contribution in [0.4, 0.5) is 11.6 Å². The smallest absolute Gasteiger partial charge is 0.149 e. The first-order chi connectivity index (χ1) is 8.11. The van der Waals surface area contributed by atoms with Gasteiger partial charge in [0.1, 0.15) is 11.6 Å². The van der Waals surface area contributed by atoms with Crippen LogP contribution < -0.4 is 10.6 Å². The maximum Gasteiger partial charge on any atom is 0.149 e. The second kappa shape index (κ2) is 5.32. The SMILES string of the molecule is CCC1CCN(c2nc(N)c(Cl)cc2Cl)CC1. The second-order valence-electron chi connectivity index (χ2n) is 4.50. The summed E-state index contributed by atoms with van der Waals surface area (Å²) in [7, 11) is 0. The van der Waals surface area contributed by atoms with Gasteiger partial charge in [0.2, 0.25) is 0 Å². The first-order valence-corrected chi connectivity index (χ1v) is 6.74. The highest BCUT2D eigenvalue weighted by Gasteiger charge is 2.21. The Kier molecular flexibility index (Phi) is 4.00. The zero-order valence-corrected chi connectivity index (χ0v) is 11.4. The lowest BCUT2D eigenvalue weighted by Crippen LogP contribution is -2.34. The normalized spacial score (nSPS) is 17.5. The van der Waals surface area contributed by atoms with Crippen molar-refractivity contribution < 1.29 is 0 Å².